The molecule has 6 saturated carbocycles. The van der Waals surface area contributed by atoms with Gasteiger partial charge in [0.05, 0.1) is 21.9 Å². The fourth-order valence-corrected chi connectivity index (χ4v) is 9.62. The Kier molecular flexibility index (Phi) is 1.17. The van der Waals surface area contributed by atoms with E-state index in [2.05, 4.69) is 31.9 Å². The summed E-state index contributed by atoms with van der Waals surface area (Å²) < 4.78 is 11.8. The molecular weight excluding hydrogens is 352 g/mol. The van der Waals surface area contributed by atoms with Gasteiger partial charge in [0.1, 0.15) is 0 Å². The summed E-state index contributed by atoms with van der Waals surface area (Å²) in [5.74, 6) is 2.50. The van der Waals surface area contributed by atoms with E-state index in [0.29, 0.717) is 48.6 Å². The minimum Gasteiger partial charge on any atom is -0.346 e. The number of halogens is 2. The van der Waals surface area contributed by atoms with Crippen molar-refractivity contribution in [2.24, 2.45) is 35.5 Å². The van der Waals surface area contributed by atoms with Gasteiger partial charge in [0.2, 0.25) is 0 Å². The van der Waals surface area contributed by atoms with Crippen LogP contribution in [0.5, 0.6) is 0 Å². The molecule has 0 aromatic rings. The molecule has 17 heavy (non-hydrogen) atoms. The van der Waals surface area contributed by atoms with Gasteiger partial charge in [-0.05, 0) is 23.7 Å². The fourth-order valence-electron chi connectivity index (χ4n) is 6.58. The van der Waals surface area contributed by atoms with Crippen molar-refractivity contribution in [2.75, 3.05) is 13.2 Å². The predicted octanol–water partition coefficient (Wildman–Crippen LogP) is 1.33. The number of hydrogen-bond donors (Lipinski definition) is 0. The molecule has 1 saturated heterocycles. The van der Waals surface area contributed by atoms with E-state index in [-0.39, 0.29) is 14.6 Å². The monoisotopic (exact) mass is 360 g/mol. The third kappa shape index (κ3) is 0.514. The lowest BCUT2D eigenvalue weighted by molar-refractivity contribution is -0.199. The Morgan fingerprint density at radius 3 is 2.24 bits per heavy atom. The molecule has 0 radical (unpaired) electrons. The summed E-state index contributed by atoms with van der Waals surface area (Å²) in [5, 5.41) is 0. The Labute approximate surface area is 115 Å². The molecule has 0 N–H and O–H groups in total. The van der Waals surface area contributed by atoms with E-state index in [9.17, 15) is 4.79 Å². The van der Waals surface area contributed by atoms with Crippen molar-refractivity contribution in [1.82, 2.24) is 0 Å². The van der Waals surface area contributed by atoms with Crippen LogP contribution in [0.1, 0.15) is 0 Å². The van der Waals surface area contributed by atoms with Gasteiger partial charge in [-0.25, -0.2) is 0 Å². The second-order valence-electron chi connectivity index (χ2n) is 6.42. The van der Waals surface area contributed by atoms with Crippen LogP contribution in [-0.2, 0) is 14.3 Å². The zero-order valence-corrected chi connectivity index (χ0v) is 12.0. The molecule has 0 amide bonds. The Morgan fingerprint density at radius 1 is 1.00 bits per heavy atom. The van der Waals surface area contributed by atoms with Crippen molar-refractivity contribution in [1.29, 1.82) is 0 Å². The number of rotatable bonds is 0. The molecule has 3 nitrogen and oxygen atoms in total. The maximum Gasteiger partial charge on any atom is 0.188 e. The van der Waals surface area contributed by atoms with Crippen molar-refractivity contribution in [3.63, 3.8) is 0 Å². The molecule has 4 bridgehead atoms. The largest absolute Gasteiger partial charge is 0.346 e. The number of alkyl halides is 2. The number of hydrogen-bond acceptors (Lipinski definition) is 3. The second-order valence-corrected chi connectivity index (χ2v) is 9.04. The van der Waals surface area contributed by atoms with E-state index < -0.39 is 5.79 Å². The van der Waals surface area contributed by atoms with Crippen molar-refractivity contribution < 1.29 is 14.3 Å². The number of carbonyl (C=O) groups is 1. The SMILES string of the molecule is O=C1[C@@H]2[C@H]3[C@H]4[C@@H]5[C@@H]([C@H]2[C@@]5(Br)C32OCCO2)[C@]14Br. The maximum absolute atomic E-state index is 12.5. The topological polar surface area (TPSA) is 35.5 Å². The number of ketones is 1. The molecule has 1 aliphatic heterocycles. The molecule has 6 aliphatic carbocycles. The average molecular weight is 362 g/mol. The van der Waals surface area contributed by atoms with E-state index in [0.717, 1.165) is 0 Å². The van der Waals surface area contributed by atoms with Crippen LogP contribution in [-0.4, -0.2) is 33.4 Å². The first-order valence-electron chi connectivity index (χ1n) is 6.30. The molecule has 1 spiro atoms. The van der Waals surface area contributed by atoms with E-state index in [1.165, 1.54) is 0 Å². The summed E-state index contributed by atoms with van der Waals surface area (Å²) in [6.45, 7) is 1.35. The minimum atomic E-state index is -0.476. The lowest BCUT2D eigenvalue weighted by atomic mass is 9.40. The molecule has 0 unspecified atom stereocenters. The van der Waals surface area contributed by atoms with E-state index >= 15 is 0 Å². The highest BCUT2D eigenvalue weighted by molar-refractivity contribution is 9.10. The van der Waals surface area contributed by atoms with Crippen LogP contribution < -0.4 is 0 Å². The normalized spacial score (nSPS) is 74.6. The Balaban J connectivity index is 1.69. The van der Waals surface area contributed by atoms with Gasteiger partial charge in [-0.3, -0.25) is 4.79 Å². The first-order valence-corrected chi connectivity index (χ1v) is 7.89. The van der Waals surface area contributed by atoms with Crippen molar-refractivity contribution >= 4 is 37.6 Å². The summed E-state index contributed by atoms with van der Waals surface area (Å²) in [5.41, 5.74) is 0. The van der Waals surface area contributed by atoms with E-state index in [1.807, 2.05) is 0 Å². The molecule has 7 fully saturated rings. The van der Waals surface area contributed by atoms with E-state index in [4.69, 9.17) is 9.47 Å². The van der Waals surface area contributed by atoms with Crippen LogP contribution in [0.15, 0.2) is 0 Å². The molecule has 5 heteroatoms. The van der Waals surface area contributed by atoms with Gasteiger partial charge in [-0.2, -0.15) is 0 Å². The highest BCUT2D eigenvalue weighted by Crippen LogP contribution is 2.96. The Bertz CT molecular complexity index is 516. The van der Waals surface area contributed by atoms with Crippen LogP contribution in [0.4, 0.5) is 0 Å². The summed E-state index contributed by atoms with van der Waals surface area (Å²) >= 11 is 7.73. The molecule has 0 aromatic carbocycles. The zero-order chi connectivity index (χ0) is 11.4. The fraction of sp³-hybridized carbons (Fsp3) is 0.917. The van der Waals surface area contributed by atoms with Gasteiger partial charge < -0.3 is 9.47 Å². The summed E-state index contributed by atoms with van der Waals surface area (Å²) in [6.07, 6.45) is 0. The molecule has 90 valence electrons. The van der Waals surface area contributed by atoms with Crippen LogP contribution in [0.3, 0.4) is 0 Å². The van der Waals surface area contributed by atoms with Gasteiger partial charge in [0.15, 0.2) is 11.6 Å². The van der Waals surface area contributed by atoms with Gasteiger partial charge in [0, 0.05) is 11.8 Å². The van der Waals surface area contributed by atoms with Crippen LogP contribution in [0.2, 0.25) is 0 Å². The van der Waals surface area contributed by atoms with Crippen LogP contribution >= 0.6 is 31.9 Å². The Hall–Kier alpha value is 0.550. The summed E-state index contributed by atoms with van der Waals surface area (Å²) in [6, 6.07) is 0. The molecule has 0 aromatic heterocycles. The first kappa shape index (κ1) is 9.45. The third-order valence-electron chi connectivity index (χ3n) is 6.63. The van der Waals surface area contributed by atoms with Crippen LogP contribution in [0.25, 0.3) is 0 Å². The minimum absolute atomic E-state index is 0.0510. The molecule has 7 aliphatic rings. The predicted molar refractivity (Wildman–Crippen MR) is 63.9 cm³/mol. The molecule has 8 atom stereocenters. The summed E-state index contributed by atoms with van der Waals surface area (Å²) in [7, 11) is 0. The average Bonchev–Trinajstić information content (AvgIpc) is 2.96. The standard InChI is InChI=1S/C12H10Br2O3/c13-10-6-4-3(9(10)15)5-7(10)8(6)11(4,14)12(5)16-1-2-17-12/h3-8H,1-2H2/t3-,4-,5-,6+,7-,8-,10+,11-/m0/s1. The number of Topliss-reactive ketones (excluding diaryl/α,β-unsaturated/α-hetero) is 1. The maximum atomic E-state index is 12.5. The lowest BCUT2D eigenvalue weighted by Gasteiger charge is -2.69. The van der Waals surface area contributed by atoms with Gasteiger partial charge in [0.25, 0.3) is 0 Å². The first-order chi connectivity index (χ1) is 8.10. The quantitative estimate of drug-likeness (QED) is 0.611. The Morgan fingerprint density at radius 2 is 1.65 bits per heavy atom. The third-order valence-corrected chi connectivity index (χ3v) is 9.69. The highest BCUT2D eigenvalue weighted by atomic mass is 79.9. The smallest absolute Gasteiger partial charge is 0.188 e. The van der Waals surface area contributed by atoms with Crippen LogP contribution in [0, 0.1) is 35.5 Å². The molecular formula is C12H10Br2O3. The molecule has 7 rings (SSSR count). The van der Waals surface area contributed by atoms with E-state index in [1.54, 1.807) is 0 Å². The van der Waals surface area contributed by atoms with Crippen molar-refractivity contribution in [3.05, 3.63) is 0 Å². The van der Waals surface area contributed by atoms with Crippen molar-refractivity contribution in [2.45, 2.75) is 14.4 Å². The van der Waals surface area contributed by atoms with Crippen molar-refractivity contribution in [3.8, 4) is 0 Å². The second kappa shape index (κ2) is 2.11. The van der Waals surface area contributed by atoms with Gasteiger partial charge in [-0.1, -0.05) is 31.9 Å². The van der Waals surface area contributed by atoms with Gasteiger partial charge >= 0.3 is 0 Å². The number of ether oxygens (including phenoxy) is 2. The highest BCUT2D eigenvalue weighted by Gasteiger charge is 3.04. The zero-order valence-electron chi connectivity index (χ0n) is 8.86. The number of carbonyl (C=O) groups excluding carboxylic acids is 1. The summed E-state index contributed by atoms with van der Waals surface area (Å²) in [4.78, 5) is 12.5. The lowest BCUT2D eigenvalue weighted by Crippen LogP contribution is -2.75. The van der Waals surface area contributed by atoms with Gasteiger partial charge in [-0.15, -0.1) is 0 Å². The molecule has 1 heterocycles.